The molecule has 1 atom stereocenters. The van der Waals surface area contributed by atoms with E-state index in [0.29, 0.717) is 24.7 Å². The largest absolute Gasteiger partial charge is 0.334 e. The highest BCUT2D eigenvalue weighted by Gasteiger charge is 2.34. The van der Waals surface area contributed by atoms with Crippen LogP contribution in [0.15, 0.2) is 47.0 Å². The highest BCUT2D eigenvalue weighted by molar-refractivity contribution is 5.96. The SMILES string of the molecule is CCc1ccc(-c2nc(C3CC(=O)N(c4ccc(C)c(C)c4)C3)no2)cc1. The van der Waals surface area contributed by atoms with Gasteiger partial charge in [-0.3, -0.25) is 4.79 Å². The standard InChI is InChI=1S/C22H23N3O2/c1-4-16-6-8-17(9-7-16)22-23-21(24-27-22)18-12-20(26)25(13-18)19-10-5-14(2)15(3)11-19/h5-11,18H,4,12-13H2,1-3H3. The topological polar surface area (TPSA) is 59.2 Å². The molecule has 2 aromatic carbocycles. The second-order valence-corrected chi connectivity index (χ2v) is 7.18. The summed E-state index contributed by atoms with van der Waals surface area (Å²) in [6.45, 7) is 6.83. The van der Waals surface area contributed by atoms with E-state index >= 15 is 0 Å². The van der Waals surface area contributed by atoms with Gasteiger partial charge in [0, 0.05) is 30.1 Å². The van der Waals surface area contributed by atoms with Crippen molar-refractivity contribution in [3.63, 3.8) is 0 Å². The summed E-state index contributed by atoms with van der Waals surface area (Å²) in [6, 6.07) is 14.2. The molecule has 2 heterocycles. The minimum absolute atomic E-state index is 0.0495. The van der Waals surface area contributed by atoms with E-state index in [2.05, 4.69) is 55.2 Å². The Hall–Kier alpha value is -2.95. The Morgan fingerprint density at radius 1 is 1.11 bits per heavy atom. The van der Waals surface area contributed by atoms with E-state index in [1.54, 1.807) is 0 Å². The number of nitrogens with zero attached hydrogens (tertiary/aromatic N) is 3. The summed E-state index contributed by atoms with van der Waals surface area (Å²) in [4.78, 5) is 18.9. The average molecular weight is 361 g/mol. The van der Waals surface area contributed by atoms with Gasteiger partial charge in [-0.2, -0.15) is 4.98 Å². The van der Waals surface area contributed by atoms with Crippen LogP contribution in [-0.4, -0.2) is 22.6 Å². The van der Waals surface area contributed by atoms with Gasteiger partial charge in [0.2, 0.25) is 5.91 Å². The molecule has 1 unspecified atom stereocenters. The van der Waals surface area contributed by atoms with E-state index in [0.717, 1.165) is 17.7 Å². The first kappa shape index (κ1) is 17.5. The van der Waals surface area contributed by atoms with Crippen molar-refractivity contribution in [2.75, 3.05) is 11.4 Å². The Bertz CT molecular complexity index is 975. The third-order valence-electron chi connectivity index (χ3n) is 5.34. The van der Waals surface area contributed by atoms with Crippen LogP contribution in [0.5, 0.6) is 0 Å². The maximum Gasteiger partial charge on any atom is 0.257 e. The lowest BCUT2D eigenvalue weighted by atomic mass is 10.1. The van der Waals surface area contributed by atoms with Gasteiger partial charge in [0.25, 0.3) is 5.89 Å². The van der Waals surface area contributed by atoms with E-state index in [4.69, 9.17) is 4.52 Å². The van der Waals surface area contributed by atoms with E-state index < -0.39 is 0 Å². The summed E-state index contributed by atoms with van der Waals surface area (Å²) in [5.74, 6) is 1.16. The Morgan fingerprint density at radius 3 is 2.59 bits per heavy atom. The summed E-state index contributed by atoms with van der Waals surface area (Å²) < 4.78 is 5.46. The molecule has 5 nitrogen and oxygen atoms in total. The highest BCUT2D eigenvalue weighted by Crippen LogP contribution is 2.32. The molecule has 0 saturated carbocycles. The van der Waals surface area contributed by atoms with Gasteiger partial charge < -0.3 is 9.42 Å². The minimum Gasteiger partial charge on any atom is -0.334 e. The maximum atomic E-state index is 12.5. The van der Waals surface area contributed by atoms with Gasteiger partial charge in [0.1, 0.15) is 0 Å². The third kappa shape index (κ3) is 3.37. The van der Waals surface area contributed by atoms with Crippen LogP contribution in [0.25, 0.3) is 11.5 Å². The van der Waals surface area contributed by atoms with Crippen LogP contribution in [0.3, 0.4) is 0 Å². The number of aromatic nitrogens is 2. The molecule has 0 spiro atoms. The molecule has 0 radical (unpaired) electrons. The second-order valence-electron chi connectivity index (χ2n) is 7.18. The number of rotatable bonds is 4. The molecule has 27 heavy (non-hydrogen) atoms. The monoisotopic (exact) mass is 361 g/mol. The van der Waals surface area contributed by atoms with Crippen LogP contribution in [0.2, 0.25) is 0 Å². The molecule has 1 saturated heterocycles. The van der Waals surface area contributed by atoms with E-state index in [-0.39, 0.29) is 11.8 Å². The first-order valence-corrected chi connectivity index (χ1v) is 9.35. The fraction of sp³-hybridized carbons (Fsp3) is 0.318. The quantitative estimate of drug-likeness (QED) is 0.689. The van der Waals surface area contributed by atoms with E-state index in [1.807, 2.05) is 23.1 Å². The highest BCUT2D eigenvalue weighted by atomic mass is 16.5. The van der Waals surface area contributed by atoms with Gasteiger partial charge in [0.15, 0.2) is 5.82 Å². The zero-order valence-electron chi connectivity index (χ0n) is 15.9. The van der Waals surface area contributed by atoms with Crippen LogP contribution in [0, 0.1) is 13.8 Å². The lowest BCUT2D eigenvalue weighted by Gasteiger charge is -2.17. The van der Waals surface area contributed by atoms with Crippen LogP contribution >= 0.6 is 0 Å². The van der Waals surface area contributed by atoms with Gasteiger partial charge >= 0.3 is 0 Å². The number of benzene rings is 2. The Kier molecular flexibility index (Phi) is 4.52. The van der Waals surface area contributed by atoms with Gasteiger partial charge in [-0.05, 0) is 61.2 Å². The van der Waals surface area contributed by atoms with Gasteiger partial charge in [-0.1, -0.05) is 30.3 Å². The fourth-order valence-electron chi connectivity index (χ4n) is 3.42. The Morgan fingerprint density at radius 2 is 1.89 bits per heavy atom. The van der Waals surface area contributed by atoms with Crippen molar-refractivity contribution in [1.29, 1.82) is 0 Å². The molecule has 1 fully saturated rings. The molecular formula is C22H23N3O2. The number of aryl methyl sites for hydroxylation is 3. The van der Waals surface area contributed by atoms with Crippen molar-refractivity contribution in [3.8, 4) is 11.5 Å². The van der Waals surface area contributed by atoms with Crippen molar-refractivity contribution < 1.29 is 9.32 Å². The normalized spacial score (nSPS) is 16.9. The predicted molar refractivity (Wildman–Crippen MR) is 105 cm³/mol. The molecule has 1 aliphatic rings. The van der Waals surface area contributed by atoms with Crippen LogP contribution < -0.4 is 4.90 Å². The summed E-state index contributed by atoms with van der Waals surface area (Å²) in [7, 11) is 0. The molecule has 0 aliphatic carbocycles. The molecule has 1 aliphatic heterocycles. The fourth-order valence-corrected chi connectivity index (χ4v) is 3.42. The zero-order chi connectivity index (χ0) is 19.0. The van der Waals surface area contributed by atoms with Crippen molar-refractivity contribution in [1.82, 2.24) is 10.1 Å². The van der Waals surface area contributed by atoms with Gasteiger partial charge in [-0.15, -0.1) is 0 Å². The van der Waals surface area contributed by atoms with E-state index in [1.165, 1.54) is 16.7 Å². The second kappa shape index (κ2) is 6.99. The minimum atomic E-state index is -0.0495. The molecule has 3 aromatic rings. The lowest BCUT2D eigenvalue weighted by Crippen LogP contribution is -2.24. The number of carbonyl (C=O) groups excluding carboxylic acids is 1. The van der Waals surface area contributed by atoms with Crippen LogP contribution in [0.4, 0.5) is 5.69 Å². The predicted octanol–water partition coefficient (Wildman–Crippen LogP) is 4.44. The summed E-state index contributed by atoms with van der Waals surface area (Å²) >= 11 is 0. The van der Waals surface area contributed by atoms with Crippen molar-refractivity contribution in [2.45, 2.75) is 39.5 Å². The van der Waals surface area contributed by atoms with Gasteiger partial charge in [-0.25, -0.2) is 0 Å². The van der Waals surface area contributed by atoms with Crippen LogP contribution in [-0.2, 0) is 11.2 Å². The molecule has 0 bridgehead atoms. The third-order valence-corrected chi connectivity index (χ3v) is 5.34. The lowest BCUT2D eigenvalue weighted by molar-refractivity contribution is -0.117. The average Bonchev–Trinajstić information content (AvgIpc) is 3.31. The first-order chi connectivity index (χ1) is 13.0. The van der Waals surface area contributed by atoms with Crippen molar-refractivity contribution in [2.24, 2.45) is 0 Å². The molecule has 1 aromatic heterocycles. The molecule has 0 N–H and O–H groups in total. The molecule has 5 heteroatoms. The number of carbonyl (C=O) groups is 1. The smallest absolute Gasteiger partial charge is 0.257 e. The first-order valence-electron chi connectivity index (χ1n) is 9.35. The van der Waals surface area contributed by atoms with Crippen molar-refractivity contribution >= 4 is 11.6 Å². The Balaban J connectivity index is 1.53. The Labute approximate surface area is 159 Å². The maximum absolute atomic E-state index is 12.5. The van der Waals surface area contributed by atoms with Crippen molar-refractivity contribution in [3.05, 3.63) is 65.0 Å². The summed E-state index contributed by atoms with van der Waals surface area (Å²) in [6.07, 6.45) is 1.40. The number of hydrogen-bond donors (Lipinski definition) is 0. The summed E-state index contributed by atoms with van der Waals surface area (Å²) in [5, 5.41) is 4.15. The molecule has 1 amide bonds. The molecular weight excluding hydrogens is 338 g/mol. The summed E-state index contributed by atoms with van der Waals surface area (Å²) in [5.41, 5.74) is 5.51. The zero-order valence-corrected chi connectivity index (χ0v) is 15.9. The van der Waals surface area contributed by atoms with Crippen LogP contribution in [0.1, 0.15) is 41.8 Å². The van der Waals surface area contributed by atoms with E-state index in [9.17, 15) is 4.79 Å². The number of hydrogen-bond acceptors (Lipinski definition) is 4. The molecule has 138 valence electrons. The van der Waals surface area contributed by atoms with Gasteiger partial charge in [0.05, 0.1) is 0 Å². The number of amides is 1. The number of anilines is 1. The molecule has 4 rings (SSSR count).